The van der Waals surface area contributed by atoms with Crippen molar-refractivity contribution in [1.82, 2.24) is 0 Å². The molecule has 0 saturated carbocycles. The predicted molar refractivity (Wildman–Crippen MR) is 68.1 cm³/mol. The van der Waals surface area contributed by atoms with Crippen LogP contribution in [0.4, 0.5) is 4.39 Å². The zero-order chi connectivity index (χ0) is 13.0. The van der Waals surface area contributed by atoms with Crippen LogP contribution in [0.15, 0.2) is 48.5 Å². The second-order valence-electron chi connectivity index (χ2n) is 4.07. The molecule has 0 spiro atoms. The maximum atomic E-state index is 13.9. The van der Waals surface area contributed by atoms with Crippen molar-refractivity contribution in [3.8, 4) is 5.75 Å². The van der Waals surface area contributed by atoms with Gasteiger partial charge in [-0.15, -0.1) is 0 Å². The van der Waals surface area contributed by atoms with Crippen molar-refractivity contribution in [2.24, 2.45) is 0 Å². The zero-order valence-electron chi connectivity index (χ0n) is 10.1. The van der Waals surface area contributed by atoms with E-state index in [-0.39, 0.29) is 11.3 Å². The fraction of sp³-hybridized carbons (Fsp3) is 0.200. The lowest BCUT2D eigenvalue weighted by atomic mass is 10.0. The molecule has 0 fully saturated rings. The summed E-state index contributed by atoms with van der Waals surface area (Å²) < 4.78 is 18.8. The first-order chi connectivity index (χ1) is 8.72. The molecule has 2 rings (SSSR count). The summed E-state index contributed by atoms with van der Waals surface area (Å²) in [6, 6.07) is 14.3. The van der Waals surface area contributed by atoms with Crippen LogP contribution in [0.2, 0.25) is 0 Å². The Labute approximate surface area is 106 Å². The fourth-order valence-electron chi connectivity index (χ4n) is 1.89. The predicted octanol–water partition coefficient (Wildman–Crippen LogP) is 3.11. The van der Waals surface area contributed by atoms with E-state index in [0.29, 0.717) is 6.42 Å². The Balaban J connectivity index is 2.21. The van der Waals surface area contributed by atoms with Gasteiger partial charge in [-0.3, -0.25) is 0 Å². The largest absolute Gasteiger partial charge is 0.494 e. The van der Waals surface area contributed by atoms with Gasteiger partial charge in [0.15, 0.2) is 11.6 Å². The van der Waals surface area contributed by atoms with Crippen LogP contribution in [-0.4, -0.2) is 12.2 Å². The average molecular weight is 246 g/mol. The van der Waals surface area contributed by atoms with E-state index >= 15 is 0 Å². The average Bonchev–Trinajstić information content (AvgIpc) is 2.40. The van der Waals surface area contributed by atoms with E-state index in [0.717, 1.165) is 5.56 Å². The number of aliphatic hydroxyl groups excluding tert-OH is 1. The van der Waals surface area contributed by atoms with Crippen molar-refractivity contribution in [1.29, 1.82) is 0 Å². The Morgan fingerprint density at radius 1 is 1.11 bits per heavy atom. The lowest BCUT2D eigenvalue weighted by Crippen LogP contribution is -2.05. The zero-order valence-corrected chi connectivity index (χ0v) is 10.1. The van der Waals surface area contributed by atoms with Gasteiger partial charge < -0.3 is 9.84 Å². The second-order valence-corrected chi connectivity index (χ2v) is 4.07. The van der Waals surface area contributed by atoms with Gasteiger partial charge in [-0.2, -0.15) is 0 Å². The number of methoxy groups -OCH3 is 1. The summed E-state index contributed by atoms with van der Waals surface area (Å²) in [6.07, 6.45) is -0.493. The normalized spacial score (nSPS) is 12.2. The third kappa shape index (κ3) is 2.68. The summed E-state index contributed by atoms with van der Waals surface area (Å²) in [5, 5.41) is 10.1. The summed E-state index contributed by atoms with van der Waals surface area (Å²) in [4.78, 5) is 0. The Kier molecular flexibility index (Phi) is 3.95. The number of halogens is 1. The Morgan fingerprint density at radius 3 is 2.50 bits per heavy atom. The number of hydrogen-bond donors (Lipinski definition) is 1. The molecule has 0 radical (unpaired) electrons. The molecule has 0 heterocycles. The summed E-state index contributed by atoms with van der Waals surface area (Å²) in [5.41, 5.74) is 1.23. The molecule has 0 aliphatic heterocycles. The minimum atomic E-state index is -0.873. The molecule has 18 heavy (non-hydrogen) atoms. The number of hydrogen-bond acceptors (Lipinski definition) is 2. The van der Waals surface area contributed by atoms with Crippen LogP contribution in [-0.2, 0) is 6.42 Å². The first-order valence-electron chi connectivity index (χ1n) is 5.76. The first-order valence-corrected chi connectivity index (χ1v) is 5.76. The third-order valence-electron chi connectivity index (χ3n) is 2.84. The van der Waals surface area contributed by atoms with Crippen molar-refractivity contribution >= 4 is 0 Å². The van der Waals surface area contributed by atoms with Crippen molar-refractivity contribution in [2.75, 3.05) is 7.11 Å². The summed E-state index contributed by atoms with van der Waals surface area (Å²) >= 11 is 0. The number of aliphatic hydroxyl groups is 1. The van der Waals surface area contributed by atoms with Gasteiger partial charge in [0.1, 0.15) is 0 Å². The minimum Gasteiger partial charge on any atom is -0.494 e. The smallest absolute Gasteiger partial charge is 0.170 e. The monoisotopic (exact) mass is 246 g/mol. The van der Waals surface area contributed by atoms with Gasteiger partial charge >= 0.3 is 0 Å². The van der Waals surface area contributed by atoms with Crippen LogP contribution in [0.3, 0.4) is 0 Å². The van der Waals surface area contributed by atoms with Gasteiger partial charge in [0, 0.05) is 12.0 Å². The van der Waals surface area contributed by atoms with Crippen LogP contribution in [0.25, 0.3) is 0 Å². The van der Waals surface area contributed by atoms with E-state index in [2.05, 4.69) is 0 Å². The number of benzene rings is 2. The van der Waals surface area contributed by atoms with Crippen LogP contribution < -0.4 is 4.74 Å². The van der Waals surface area contributed by atoms with Crippen molar-refractivity contribution in [2.45, 2.75) is 12.5 Å². The number of ether oxygens (including phenoxy) is 1. The highest BCUT2D eigenvalue weighted by Gasteiger charge is 2.16. The molecule has 1 atom stereocenters. The van der Waals surface area contributed by atoms with Crippen LogP contribution >= 0.6 is 0 Å². The Hall–Kier alpha value is -1.87. The molecule has 0 aliphatic carbocycles. The summed E-state index contributed by atoms with van der Waals surface area (Å²) in [7, 11) is 1.41. The molecular weight excluding hydrogens is 231 g/mol. The molecule has 2 aromatic rings. The Bertz CT molecular complexity index is 511. The van der Waals surface area contributed by atoms with E-state index in [1.54, 1.807) is 12.1 Å². The highest BCUT2D eigenvalue weighted by Crippen LogP contribution is 2.26. The molecular formula is C15H15FO2. The molecule has 0 saturated heterocycles. The molecule has 0 amide bonds. The SMILES string of the molecule is COc1cccc(C(O)Cc2ccccc2)c1F. The highest BCUT2D eigenvalue weighted by molar-refractivity contribution is 5.33. The van der Waals surface area contributed by atoms with E-state index in [4.69, 9.17) is 4.74 Å². The quantitative estimate of drug-likeness (QED) is 0.898. The van der Waals surface area contributed by atoms with Gasteiger partial charge in [0.2, 0.25) is 0 Å². The van der Waals surface area contributed by atoms with Gasteiger partial charge in [-0.05, 0) is 11.6 Å². The van der Waals surface area contributed by atoms with Crippen LogP contribution in [0.1, 0.15) is 17.2 Å². The van der Waals surface area contributed by atoms with Crippen molar-refractivity contribution in [3.05, 3.63) is 65.5 Å². The second kappa shape index (κ2) is 5.65. The molecule has 1 unspecified atom stereocenters. The van der Waals surface area contributed by atoms with E-state index in [9.17, 15) is 9.50 Å². The topological polar surface area (TPSA) is 29.5 Å². The molecule has 0 bridgehead atoms. The summed E-state index contributed by atoms with van der Waals surface area (Å²) in [5.74, 6) is -0.344. The fourth-order valence-corrected chi connectivity index (χ4v) is 1.89. The van der Waals surface area contributed by atoms with Gasteiger partial charge in [0.05, 0.1) is 13.2 Å². The van der Waals surface area contributed by atoms with E-state index in [1.165, 1.54) is 13.2 Å². The standard InChI is InChI=1S/C15H15FO2/c1-18-14-9-5-8-12(15(14)16)13(17)10-11-6-3-2-4-7-11/h2-9,13,17H,10H2,1H3. The molecule has 2 nitrogen and oxygen atoms in total. The lowest BCUT2D eigenvalue weighted by molar-refractivity contribution is 0.172. The lowest BCUT2D eigenvalue weighted by Gasteiger charge is -2.13. The van der Waals surface area contributed by atoms with Crippen LogP contribution in [0.5, 0.6) is 5.75 Å². The van der Waals surface area contributed by atoms with Gasteiger partial charge in [-0.25, -0.2) is 4.39 Å². The molecule has 94 valence electrons. The maximum absolute atomic E-state index is 13.9. The minimum absolute atomic E-state index is 0.152. The van der Waals surface area contributed by atoms with Crippen LogP contribution in [0, 0.1) is 5.82 Å². The maximum Gasteiger partial charge on any atom is 0.170 e. The molecule has 0 aliphatic rings. The third-order valence-corrected chi connectivity index (χ3v) is 2.84. The Morgan fingerprint density at radius 2 is 1.83 bits per heavy atom. The first kappa shape index (κ1) is 12.6. The molecule has 2 aromatic carbocycles. The summed E-state index contributed by atoms with van der Waals surface area (Å²) in [6.45, 7) is 0. The van der Waals surface area contributed by atoms with E-state index in [1.807, 2.05) is 30.3 Å². The van der Waals surface area contributed by atoms with Gasteiger partial charge in [0.25, 0.3) is 0 Å². The van der Waals surface area contributed by atoms with Gasteiger partial charge in [-0.1, -0.05) is 42.5 Å². The van der Waals surface area contributed by atoms with Crippen molar-refractivity contribution in [3.63, 3.8) is 0 Å². The number of rotatable bonds is 4. The van der Waals surface area contributed by atoms with Crippen molar-refractivity contribution < 1.29 is 14.2 Å². The molecule has 0 aromatic heterocycles. The molecule has 1 N–H and O–H groups in total. The highest BCUT2D eigenvalue weighted by atomic mass is 19.1. The van der Waals surface area contributed by atoms with E-state index < -0.39 is 11.9 Å². The molecule has 3 heteroatoms.